The molecule has 0 bridgehead atoms. The minimum absolute atomic E-state index is 0.352. The van der Waals surface area contributed by atoms with Crippen LogP contribution < -0.4 is 14.8 Å². The molecule has 0 saturated heterocycles. The molecule has 1 unspecified atom stereocenters. The van der Waals surface area contributed by atoms with Crippen LogP contribution in [0.5, 0.6) is 11.5 Å². The topological polar surface area (TPSA) is 97.3 Å². The van der Waals surface area contributed by atoms with Gasteiger partial charge in [0.25, 0.3) is 0 Å². The molecular weight excluding hydrogens is 362 g/mol. The van der Waals surface area contributed by atoms with Crippen molar-refractivity contribution in [3.63, 3.8) is 0 Å². The predicted octanol–water partition coefficient (Wildman–Crippen LogP) is 1.51. The van der Waals surface area contributed by atoms with Gasteiger partial charge in [0, 0.05) is 6.54 Å². The number of carbonyl (C=O) groups is 3. The third-order valence-electron chi connectivity index (χ3n) is 4.47. The van der Waals surface area contributed by atoms with Crippen molar-refractivity contribution >= 4 is 23.6 Å². The fourth-order valence-electron chi connectivity index (χ4n) is 3.01. The molecule has 2 aliphatic rings. The van der Waals surface area contributed by atoms with E-state index in [1.54, 1.807) is 44.6 Å². The van der Waals surface area contributed by atoms with Gasteiger partial charge >= 0.3 is 6.03 Å². The number of urea groups is 1. The van der Waals surface area contributed by atoms with Crippen LogP contribution in [-0.2, 0) is 16.0 Å². The lowest BCUT2D eigenvalue weighted by atomic mass is 9.95. The predicted molar refractivity (Wildman–Crippen MR) is 103 cm³/mol. The first-order chi connectivity index (χ1) is 13.5. The summed E-state index contributed by atoms with van der Waals surface area (Å²) < 4.78 is 10.4. The lowest BCUT2D eigenvalue weighted by Gasteiger charge is -2.27. The normalized spacial score (nSPS) is 17.9. The summed E-state index contributed by atoms with van der Waals surface area (Å²) in [5.41, 5.74) is 1.36. The van der Waals surface area contributed by atoms with Crippen molar-refractivity contribution in [3.05, 3.63) is 48.1 Å². The van der Waals surface area contributed by atoms with Crippen molar-refractivity contribution < 1.29 is 23.9 Å². The molecule has 1 aliphatic carbocycles. The van der Waals surface area contributed by atoms with Gasteiger partial charge in [0.05, 0.1) is 25.8 Å². The fraction of sp³-hybridized carbons (Fsp3) is 0.300. The summed E-state index contributed by atoms with van der Waals surface area (Å²) in [5.74, 6) is -0.230. The molecular formula is C20H21N3O5. The molecule has 146 valence electrons. The number of allylic oxidation sites excluding steroid dienone is 3. The van der Waals surface area contributed by atoms with Gasteiger partial charge in [-0.1, -0.05) is 24.3 Å². The minimum Gasteiger partial charge on any atom is -0.493 e. The van der Waals surface area contributed by atoms with E-state index in [9.17, 15) is 14.4 Å². The second kappa shape index (κ2) is 8.51. The van der Waals surface area contributed by atoms with Crippen LogP contribution in [-0.4, -0.2) is 55.8 Å². The molecule has 0 radical (unpaired) electrons. The number of fused-ring (bicyclic) bond motifs is 1. The van der Waals surface area contributed by atoms with Crippen LogP contribution in [0.3, 0.4) is 0 Å². The molecule has 1 aliphatic heterocycles. The summed E-state index contributed by atoms with van der Waals surface area (Å²) in [7, 11) is 3.12. The quantitative estimate of drug-likeness (QED) is 0.770. The third-order valence-corrected chi connectivity index (χ3v) is 4.47. The van der Waals surface area contributed by atoms with Crippen LogP contribution in [0, 0.1) is 5.92 Å². The molecule has 0 spiro atoms. The molecule has 1 N–H and O–H groups in total. The Bertz CT molecular complexity index is 888. The lowest BCUT2D eigenvalue weighted by Crippen LogP contribution is -2.50. The van der Waals surface area contributed by atoms with E-state index in [2.05, 4.69) is 10.3 Å². The zero-order chi connectivity index (χ0) is 20.1. The minimum atomic E-state index is -0.716. The second-order valence-corrected chi connectivity index (χ2v) is 6.25. The van der Waals surface area contributed by atoms with Crippen molar-refractivity contribution in [1.29, 1.82) is 0 Å². The van der Waals surface area contributed by atoms with Crippen molar-refractivity contribution in [3.8, 4) is 11.5 Å². The number of imide groups is 1. The Morgan fingerprint density at radius 1 is 1.18 bits per heavy atom. The second-order valence-electron chi connectivity index (χ2n) is 6.25. The first-order valence-corrected chi connectivity index (χ1v) is 8.80. The van der Waals surface area contributed by atoms with Gasteiger partial charge in [0.15, 0.2) is 11.5 Å². The highest BCUT2D eigenvalue weighted by molar-refractivity contribution is 6.22. The Hall–Kier alpha value is -3.42. The lowest BCUT2D eigenvalue weighted by molar-refractivity contribution is -0.134. The van der Waals surface area contributed by atoms with Crippen molar-refractivity contribution in [1.82, 2.24) is 10.2 Å². The van der Waals surface area contributed by atoms with Crippen molar-refractivity contribution in [2.24, 2.45) is 10.9 Å². The summed E-state index contributed by atoms with van der Waals surface area (Å²) in [6, 6.07) is 4.79. The Morgan fingerprint density at radius 3 is 2.71 bits per heavy atom. The molecule has 0 saturated carbocycles. The molecule has 0 aromatic heterocycles. The monoisotopic (exact) mass is 383 g/mol. The zero-order valence-corrected chi connectivity index (χ0v) is 15.7. The van der Waals surface area contributed by atoms with Crippen LogP contribution in [0.4, 0.5) is 4.79 Å². The first kappa shape index (κ1) is 19.3. The fourth-order valence-corrected chi connectivity index (χ4v) is 3.01. The molecule has 1 atom stereocenters. The van der Waals surface area contributed by atoms with Gasteiger partial charge < -0.3 is 14.8 Å². The Labute approximate surface area is 162 Å². The molecule has 4 amide bonds. The maximum atomic E-state index is 12.5. The van der Waals surface area contributed by atoms with Gasteiger partial charge in [-0.25, -0.2) is 4.79 Å². The highest BCUT2D eigenvalue weighted by atomic mass is 16.5. The standard InChI is InChI=1S/C20H21N3O5/c1-27-16-8-7-13(11-17(16)28-2)9-10-21-18(24)12-23-19(25)14-5-3-4-6-15(14)22-20(23)26/h3-8,11,14H,9-10,12H2,1-2H3,(H,21,24). The molecule has 8 nitrogen and oxygen atoms in total. The largest absolute Gasteiger partial charge is 0.493 e. The first-order valence-electron chi connectivity index (χ1n) is 8.80. The number of carbonyl (C=O) groups excluding carboxylic acids is 3. The van der Waals surface area contributed by atoms with Crippen LogP contribution in [0.15, 0.2) is 47.5 Å². The van der Waals surface area contributed by atoms with Crippen LogP contribution in [0.25, 0.3) is 0 Å². The number of amides is 4. The third kappa shape index (κ3) is 4.11. The van der Waals surface area contributed by atoms with Gasteiger partial charge in [-0.3, -0.25) is 14.5 Å². The number of nitrogens with zero attached hydrogens (tertiary/aromatic N) is 2. The molecule has 1 heterocycles. The van der Waals surface area contributed by atoms with E-state index in [0.717, 1.165) is 10.5 Å². The van der Waals surface area contributed by atoms with E-state index in [1.165, 1.54) is 0 Å². The maximum absolute atomic E-state index is 12.5. The summed E-state index contributed by atoms with van der Waals surface area (Å²) in [6.45, 7) is -0.000438. The molecule has 0 fully saturated rings. The van der Waals surface area contributed by atoms with Gasteiger partial charge in [-0.05, 0) is 30.2 Å². The van der Waals surface area contributed by atoms with E-state index in [0.29, 0.717) is 30.2 Å². The number of nitrogens with one attached hydrogen (secondary N) is 1. The van der Waals surface area contributed by atoms with E-state index in [4.69, 9.17) is 9.47 Å². The number of aliphatic imine (C=N–C) groups is 1. The van der Waals surface area contributed by atoms with Gasteiger partial charge in [-0.15, -0.1) is 0 Å². The molecule has 8 heteroatoms. The number of benzene rings is 1. The summed E-state index contributed by atoms with van der Waals surface area (Å²) >= 11 is 0. The number of ether oxygens (including phenoxy) is 2. The molecule has 3 rings (SSSR count). The van der Waals surface area contributed by atoms with Crippen molar-refractivity contribution in [2.45, 2.75) is 6.42 Å². The number of methoxy groups -OCH3 is 2. The van der Waals surface area contributed by atoms with Gasteiger partial charge in [0.1, 0.15) is 6.54 Å². The number of hydrogen-bond acceptors (Lipinski definition) is 5. The maximum Gasteiger partial charge on any atom is 0.351 e. The number of hydrogen-bond donors (Lipinski definition) is 1. The Balaban J connectivity index is 1.54. The Morgan fingerprint density at radius 2 is 1.96 bits per heavy atom. The molecule has 1 aromatic rings. The van der Waals surface area contributed by atoms with Crippen LogP contribution >= 0.6 is 0 Å². The Kier molecular flexibility index (Phi) is 5.88. The zero-order valence-electron chi connectivity index (χ0n) is 15.7. The summed E-state index contributed by atoms with van der Waals surface area (Å²) in [4.78, 5) is 41.5. The van der Waals surface area contributed by atoms with Crippen molar-refractivity contribution in [2.75, 3.05) is 27.3 Å². The summed E-state index contributed by atoms with van der Waals surface area (Å²) in [5, 5.41) is 2.72. The van der Waals surface area contributed by atoms with E-state index >= 15 is 0 Å². The SMILES string of the molecule is COc1ccc(CCNC(=O)CN2C(=O)N=C3C=CC=CC3C2=O)cc1OC. The highest BCUT2D eigenvalue weighted by Crippen LogP contribution is 2.27. The average molecular weight is 383 g/mol. The van der Waals surface area contributed by atoms with E-state index in [1.807, 2.05) is 12.1 Å². The van der Waals surface area contributed by atoms with E-state index < -0.39 is 23.8 Å². The molecule has 28 heavy (non-hydrogen) atoms. The highest BCUT2D eigenvalue weighted by Gasteiger charge is 2.36. The van der Waals surface area contributed by atoms with E-state index in [-0.39, 0.29) is 6.54 Å². The average Bonchev–Trinajstić information content (AvgIpc) is 2.71. The van der Waals surface area contributed by atoms with Crippen LogP contribution in [0.2, 0.25) is 0 Å². The van der Waals surface area contributed by atoms with Gasteiger partial charge in [0.2, 0.25) is 11.8 Å². The van der Waals surface area contributed by atoms with Crippen LogP contribution in [0.1, 0.15) is 5.56 Å². The smallest absolute Gasteiger partial charge is 0.351 e. The summed E-state index contributed by atoms with van der Waals surface area (Å²) in [6.07, 6.45) is 7.29. The van der Waals surface area contributed by atoms with Gasteiger partial charge in [-0.2, -0.15) is 4.99 Å². The molecule has 1 aromatic carbocycles. The number of rotatable bonds is 7.